The summed E-state index contributed by atoms with van der Waals surface area (Å²) in [6.45, 7) is 4.39. The van der Waals surface area contributed by atoms with Gasteiger partial charge in [-0.3, -0.25) is 0 Å². The zero-order chi connectivity index (χ0) is 8.27. The minimum Gasteiger partial charge on any atom is -0.123 e. The lowest BCUT2D eigenvalue weighted by atomic mass is 9.93. The molecule has 1 aliphatic rings. The third-order valence-electron chi connectivity index (χ3n) is 2.96. The third kappa shape index (κ3) is 3.02. The van der Waals surface area contributed by atoms with Gasteiger partial charge in [0.05, 0.1) is 0 Å². The molecule has 0 aromatic heterocycles. The van der Waals surface area contributed by atoms with Crippen LogP contribution in [0.3, 0.4) is 0 Å². The van der Waals surface area contributed by atoms with Crippen LogP contribution in [0.15, 0.2) is 0 Å². The highest BCUT2D eigenvalue weighted by atomic mass is 35.5. The largest absolute Gasteiger partial charge is 0.123 e. The Bertz CT molecular complexity index is 103. The number of hydrogen-bond donors (Lipinski definition) is 0. The van der Waals surface area contributed by atoms with E-state index in [0.29, 0.717) is 11.3 Å². The molecular formula is C10H19Cl. The Kier molecular flexibility index (Phi) is 3.71. The predicted molar refractivity (Wildman–Crippen MR) is 51.1 cm³/mol. The predicted octanol–water partition coefficient (Wildman–Crippen LogP) is 3.83. The van der Waals surface area contributed by atoms with Crippen molar-refractivity contribution in [3.05, 3.63) is 0 Å². The van der Waals surface area contributed by atoms with Crippen molar-refractivity contribution in [3.8, 4) is 0 Å². The van der Waals surface area contributed by atoms with E-state index in [9.17, 15) is 0 Å². The minimum atomic E-state index is 0.357. The molecule has 11 heavy (non-hydrogen) atoms. The van der Waals surface area contributed by atoms with Crippen molar-refractivity contribution in [2.24, 2.45) is 11.8 Å². The molecule has 0 N–H and O–H groups in total. The maximum Gasteiger partial charge on any atom is 0.0333 e. The van der Waals surface area contributed by atoms with Gasteiger partial charge in [0.15, 0.2) is 0 Å². The lowest BCUT2D eigenvalue weighted by Gasteiger charge is -2.17. The average molecular weight is 175 g/mol. The lowest BCUT2D eigenvalue weighted by molar-refractivity contribution is 0.393. The molecule has 1 aliphatic carbocycles. The summed E-state index contributed by atoms with van der Waals surface area (Å²) in [6.07, 6.45) is 7.16. The van der Waals surface area contributed by atoms with Crippen LogP contribution in [0.2, 0.25) is 0 Å². The van der Waals surface area contributed by atoms with Crippen molar-refractivity contribution in [2.75, 3.05) is 0 Å². The number of alkyl halides is 1. The first-order chi connectivity index (χ1) is 5.20. The zero-order valence-corrected chi connectivity index (χ0v) is 8.40. The molecule has 0 radical (unpaired) electrons. The van der Waals surface area contributed by atoms with Gasteiger partial charge in [-0.25, -0.2) is 0 Å². The van der Waals surface area contributed by atoms with E-state index in [1.165, 1.54) is 32.1 Å². The molecule has 0 aliphatic heterocycles. The second-order valence-electron chi connectivity index (χ2n) is 4.04. The molecule has 0 nitrogen and oxygen atoms in total. The van der Waals surface area contributed by atoms with Gasteiger partial charge in [0.2, 0.25) is 0 Å². The Labute approximate surface area is 75.3 Å². The first kappa shape index (κ1) is 9.38. The van der Waals surface area contributed by atoms with Gasteiger partial charge in [-0.15, -0.1) is 11.6 Å². The zero-order valence-electron chi connectivity index (χ0n) is 7.65. The third-order valence-corrected chi connectivity index (χ3v) is 3.39. The summed E-state index contributed by atoms with van der Waals surface area (Å²) in [6, 6.07) is 0. The van der Waals surface area contributed by atoms with Crippen LogP contribution < -0.4 is 0 Å². The van der Waals surface area contributed by atoms with Crippen molar-refractivity contribution in [3.63, 3.8) is 0 Å². The van der Waals surface area contributed by atoms with E-state index in [-0.39, 0.29) is 0 Å². The highest BCUT2D eigenvalue weighted by Crippen LogP contribution is 2.31. The van der Waals surface area contributed by atoms with Crippen LogP contribution in [0.1, 0.15) is 46.0 Å². The van der Waals surface area contributed by atoms with Crippen molar-refractivity contribution < 1.29 is 0 Å². The molecule has 0 bridgehead atoms. The lowest BCUT2D eigenvalue weighted by Crippen LogP contribution is -2.11. The first-order valence-corrected chi connectivity index (χ1v) is 5.28. The molecule has 1 fully saturated rings. The normalized spacial score (nSPS) is 25.4. The Morgan fingerprint density at radius 2 is 1.82 bits per heavy atom. The second kappa shape index (κ2) is 4.35. The van der Waals surface area contributed by atoms with E-state index in [0.717, 1.165) is 5.92 Å². The molecule has 0 aromatic carbocycles. The molecule has 0 spiro atoms. The summed E-state index contributed by atoms with van der Waals surface area (Å²) in [5.74, 6) is 1.70. The van der Waals surface area contributed by atoms with Gasteiger partial charge in [-0.05, 0) is 25.2 Å². The average Bonchev–Trinajstić information content (AvgIpc) is 2.39. The van der Waals surface area contributed by atoms with Crippen LogP contribution in [-0.2, 0) is 0 Å². The Hall–Kier alpha value is 0.290. The van der Waals surface area contributed by atoms with Gasteiger partial charge >= 0.3 is 0 Å². The highest BCUT2D eigenvalue weighted by Gasteiger charge is 2.19. The Morgan fingerprint density at radius 1 is 1.27 bits per heavy atom. The maximum atomic E-state index is 6.01. The molecular weight excluding hydrogens is 156 g/mol. The number of rotatable bonds is 3. The molecule has 1 saturated carbocycles. The quantitative estimate of drug-likeness (QED) is 0.571. The van der Waals surface area contributed by atoms with Crippen LogP contribution in [-0.4, -0.2) is 5.38 Å². The van der Waals surface area contributed by atoms with E-state index in [2.05, 4.69) is 13.8 Å². The summed E-state index contributed by atoms with van der Waals surface area (Å²) in [7, 11) is 0. The van der Waals surface area contributed by atoms with Crippen molar-refractivity contribution in [1.29, 1.82) is 0 Å². The molecule has 66 valence electrons. The molecule has 2 unspecified atom stereocenters. The van der Waals surface area contributed by atoms with Gasteiger partial charge in [0.1, 0.15) is 0 Å². The van der Waals surface area contributed by atoms with Crippen molar-refractivity contribution in [2.45, 2.75) is 51.3 Å². The summed E-state index contributed by atoms with van der Waals surface area (Å²) in [5, 5.41) is 0.357. The van der Waals surface area contributed by atoms with Gasteiger partial charge in [-0.2, -0.15) is 0 Å². The fourth-order valence-electron chi connectivity index (χ4n) is 1.96. The van der Waals surface area contributed by atoms with Gasteiger partial charge in [-0.1, -0.05) is 32.6 Å². The van der Waals surface area contributed by atoms with E-state index < -0.39 is 0 Å². The van der Waals surface area contributed by atoms with E-state index >= 15 is 0 Å². The van der Waals surface area contributed by atoms with Crippen molar-refractivity contribution in [1.82, 2.24) is 0 Å². The van der Waals surface area contributed by atoms with Crippen LogP contribution in [0, 0.1) is 11.8 Å². The van der Waals surface area contributed by atoms with E-state index in [4.69, 9.17) is 11.6 Å². The Morgan fingerprint density at radius 3 is 2.27 bits per heavy atom. The van der Waals surface area contributed by atoms with Gasteiger partial charge < -0.3 is 0 Å². The number of hydrogen-bond acceptors (Lipinski definition) is 0. The molecule has 0 amide bonds. The molecule has 1 rings (SSSR count). The SMILES string of the molecule is CC(Cl)C(C)CC1CCCC1. The van der Waals surface area contributed by atoms with Crippen LogP contribution >= 0.6 is 11.6 Å². The summed E-state index contributed by atoms with van der Waals surface area (Å²) in [4.78, 5) is 0. The molecule has 2 atom stereocenters. The monoisotopic (exact) mass is 174 g/mol. The Balaban J connectivity index is 2.18. The van der Waals surface area contributed by atoms with Gasteiger partial charge in [0.25, 0.3) is 0 Å². The molecule has 0 heterocycles. The standard InChI is InChI=1S/C10H19Cl/c1-8(9(2)11)7-10-5-3-4-6-10/h8-10H,3-7H2,1-2H3. The van der Waals surface area contributed by atoms with Crippen LogP contribution in [0.4, 0.5) is 0 Å². The fourth-order valence-corrected chi connectivity index (χ4v) is 2.06. The second-order valence-corrected chi connectivity index (χ2v) is 4.73. The first-order valence-electron chi connectivity index (χ1n) is 4.84. The summed E-state index contributed by atoms with van der Waals surface area (Å²) >= 11 is 6.01. The van der Waals surface area contributed by atoms with Crippen molar-refractivity contribution >= 4 is 11.6 Å². The van der Waals surface area contributed by atoms with Crippen LogP contribution in [0.25, 0.3) is 0 Å². The molecule has 0 saturated heterocycles. The maximum absolute atomic E-state index is 6.01. The number of halogens is 1. The van der Waals surface area contributed by atoms with Gasteiger partial charge in [0, 0.05) is 5.38 Å². The highest BCUT2D eigenvalue weighted by molar-refractivity contribution is 6.20. The summed E-state index contributed by atoms with van der Waals surface area (Å²) < 4.78 is 0. The molecule has 1 heteroatoms. The topological polar surface area (TPSA) is 0 Å². The fraction of sp³-hybridized carbons (Fsp3) is 1.00. The van der Waals surface area contributed by atoms with E-state index in [1.54, 1.807) is 0 Å². The van der Waals surface area contributed by atoms with E-state index in [1.807, 2.05) is 0 Å². The minimum absolute atomic E-state index is 0.357. The molecule has 0 aromatic rings. The smallest absolute Gasteiger partial charge is 0.0333 e. The summed E-state index contributed by atoms with van der Waals surface area (Å²) in [5.41, 5.74) is 0. The van der Waals surface area contributed by atoms with Crippen LogP contribution in [0.5, 0.6) is 0 Å².